The average molecular weight is 314 g/mol. The van der Waals surface area contributed by atoms with Gasteiger partial charge in [-0.05, 0) is 45.0 Å². The summed E-state index contributed by atoms with van der Waals surface area (Å²) in [5.74, 6) is 0.311. The number of anilines is 1. The molecule has 0 aliphatic carbocycles. The highest BCUT2D eigenvalue weighted by Crippen LogP contribution is 2.22. The second kappa shape index (κ2) is 7.31. The summed E-state index contributed by atoms with van der Waals surface area (Å²) in [6.45, 7) is 5.81. The van der Waals surface area contributed by atoms with Crippen molar-refractivity contribution in [3.63, 3.8) is 0 Å². The molecule has 0 saturated heterocycles. The fraction of sp³-hybridized carbons (Fsp3) is 0.500. The normalized spacial score (nSPS) is 11.3. The van der Waals surface area contributed by atoms with E-state index in [-0.39, 0.29) is 18.6 Å². The maximum absolute atomic E-state index is 11.8. The molecule has 0 spiro atoms. The fourth-order valence-corrected chi connectivity index (χ4v) is 2.60. The number of nitrogens with one attached hydrogen (secondary N) is 1. The van der Waals surface area contributed by atoms with E-state index in [1.165, 1.54) is 0 Å². The summed E-state index contributed by atoms with van der Waals surface area (Å²) in [5, 5.41) is 2.59. The van der Waals surface area contributed by atoms with E-state index < -0.39 is 10.0 Å². The Hall–Kier alpha value is -1.76. The van der Waals surface area contributed by atoms with E-state index in [9.17, 15) is 13.2 Å². The van der Waals surface area contributed by atoms with Gasteiger partial charge in [0, 0.05) is 6.54 Å². The molecular formula is C14H22N2O4S. The minimum atomic E-state index is -3.54. The van der Waals surface area contributed by atoms with Gasteiger partial charge in [-0.2, -0.15) is 0 Å². The van der Waals surface area contributed by atoms with Gasteiger partial charge in [-0.3, -0.25) is 9.10 Å². The van der Waals surface area contributed by atoms with Gasteiger partial charge in [0.1, 0.15) is 12.3 Å². The number of hydrogen-bond acceptors (Lipinski definition) is 4. The quantitative estimate of drug-likeness (QED) is 0.825. The van der Waals surface area contributed by atoms with Crippen LogP contribution in [0.4, 0.5) is 5.69 Å². The van der Waals surface area contributed by atoms with Crippen molar-refractivity contribution in [3.8, 4) is 5.75 Å². The number of sulfonamides is 1. The molecule has 118 valence electrons. The number of carbonyl (C=O) groups excluding carboxylic acids is 1. The first-order valence-electron chi connectivity index (χ1n) is 6.75. The Bertz CT molecular complexity index is 567. The molecule has 0 fully saturated rings. The van der Waals surface area contributed by atoms with Crippen molar-refractivity contribution >= 4 is 21.6 Å². The number of benzene rings is 1. The Kier molecular flexibility index (Phi) is 6.02. The number of hydrogen-bond donors (Lipinski definition) is 1. The monoisotopic (exact) mass is 314 g/mol. The molecular weight excluding hydrogens is 292 g/mol. The van der Waals surface area contributed by atoms with Gasteiger partial charge >= 0.3 is 0 Å². The lowest BCUT2D eigenvalue weighted by atomic mass is 10.3. The Morgan fingerprint density at radius 3 is 2.29 bits per heavy atom. The van der Waals surface area contributed by atoms with Gasteiger partial charge in [0.15, 0.2) is 0 Å². The second-order valence-electron chi connectivity index (χ2n) is 4.88. The molecule has 1 aromatic rings. The minimum absolute atomic E-state index is 0.0391. The van der Waals surface area contributed by atoms with E-state index in [2.05, 4.69) is 5.32 Å². The molecule has 1 amide bonds. The molecule has 21 heavy (non-hydrogen) atoms. The summed E-state index contributed by atoms with van der Waals surface area (Å²) in [7, 11) is -3.54. The lowest BCUT2D eigenvalue weighted by Gasteiger charge is -2.22. The Labute approximate surface area is 126 Å². The van der Waals surface area contributed by atoms with Crippen molar-refractivity contribution in [2.75, 3.05) is 23.7 Å². The SMILES string of the molecule is CCNC(=O)CN(c1ccc(OC(C)C)cc1)S(C)(=O)=O. The van der Waals surface area contributed by atoms with E-state index in [0.717, 1.165) is 10.6 Å². The zero-order chi connectivity index (χ0) is 16.0. The van der Waals surface area contributed by atoms with Gasteiger partial charge in [0.05, 0.1) is 18.0 Å². The van der Waals surface area contributed by atoms with Crippen LogP contribution in [0.25, 0.3) is 0 Å². The third kappa shape index (κ3) is 5.63. The van der Waals surface area contributed by atoms with Crippen LogP contribution < -0.4 is 14.4 Å². The Balaban J connectivity index is 2.96. The summed E-state index contributed by atoms with van der Waals surface area (Å²) in [6.07, 6.45) is 1.11. The molecule has 0 heterocycles. The maximum atomic E-state index is 11.8. The van der Waals surface area contributed by atoms with Crippen molar-refractivity contribution in [2.24, 2.45) is 0 Å². The number of ether oxygens (including phenoxy) is 1. The molecule has 0 bridgehead atoms. The fourth-order valence-electron chi connectivity index (χ4n) is 1.75. The van der Waals surface area contributed by atoms with Crippen LogP contribution in [-0.2, 0) is 14.8 Å². The molecule has 0 aliphatic rings. The van der Waals surface area contributed by atoms with Crippen molar-refractivity contribution in [1.82, 2.24) is 5.32 Å². The summed E-state index contributed by atoms with van der Waals surface area (Å²) in [6, 6.07) is 6.62. The molecule has 0 saturated carbocycles. The molecule has 1 rings (SSSR count). The number of nitrogens with zero attached hydrogens (tertiary/aromatic N) is 1. The standard InChI is InChI=1S/C14H22N2O4S/c1-5-15-14(17)10-16(21(4,18)19)12-6-8-13(9-7-12)20-11(2)3/h6-9,11H,5,10H2,1-4H3,(H,15,17). The number of amides is 1. The Morgan fingerprint density at radius 1 is 1.29 bits per heavy atom. The first-order valence-corrected chi connectivity index (χ1v) is 8.60. The average Bonchev–Trinajstić information content (AvgIpc) is 2.35. The van der Waals surface area contributed by atoms with E-state index in [4.69, 9.17) is 4.74 Å². The second-order valence-corrected chi connectivity index (χ2v) is 6.79. The van der Waals surface area contributed by atoms with E-state index >= 15 is 0 Å². The molecule has 7 heteroatoms. The van der Waals surface area contributed by atoms with Crippen LogP contribution in [-0.4, -0.2) is 39.8 Å². The predicted molar refractivity (Wildman–Crippen MR) is 83.1 cm³/mol. The van der Waals surface area contributed by atoms with Crippen LogP contribution in [0.1, 0.15) is 20.8 Å². The smallest absolute Gasteiger partial charge is 0.240 e. The minimum Gasteiger partial charge on any atom is -0.491 e. The summed E-state index contributed by atoms with van der Waals surface area (Å²) in [5.41, 5.74) is 0.430. The van der Waals surface area contributed by atoms with Crippen LogP contribution >= 0.6 is 0 Å². The highest BCUT2D eigenvalue weighted by atomic mass is 32.2. The molecule has 6 nitrogen and oxygen atoms in total. The zero-order valence-electron chi connectivity index (χ0n) is 12.8. The van der Waals surface area contributed by atoms with Crippen LogP contribution in [0.3, 0.4) is 0 Å². The Morgan fingerprint density at radius 2 is 1.86 bits per heavy atom. The molecule has 1 N–H and O–H groups in total. The highest BCUT2D eigenvalue weighted by Gasteiger charge is 2.20. The van der Waals surface area contributed by atoms with Gasteiger partial charge in [-0.25, -0.2) is 8.42 Å². The van der Waals surface area contributed by atoms with Gasteiger partial charge in [-0.15, -0.1) is 0 Å². The van der Waals surface area contributed by atoms with E-state index in [1.54, 1.807) is 31.2 Å². The summed E-state index contributed by atoms with van der Waals surface area (Å²) in [4.78, 5) is 11.6. The zero-order valence-corrected chi connectivity index (χ0v) is 13.6. The van der Waals surface area contributed by atoms with E-state index in [0.29, 0.717) is 18.0 Å². The molecule has 0 aliphatic heterocycles. The van der Waals surface area contributed by atoms with E-state index in [1.807, 2.05) is 13.8 Å². The molecule has 0 unspecified atom stereocenters. The van der Waals surface area contributed by atoms with Crippen molar-refractivity contribution in [1.29, 1.82) is 0 Å². The van der Waals surface area contributed by atoms with Crippen LogP contribution in [0.15, 0.2) is 24.3 Å². The van der Waals surface area contributed by atoms with Gasteiger partial charge < -0.3 is 10.1 Å². The van der Waals surface area contributed by atoms with Gasteiger partial charge in [0.25, 0.3) is 0 Å². The number of likely N-dealkylation sites (N-methyl/N-ethyl adjacent to an activating group) is 1. The van der Waals surface area contributed by atoms with Crippen molar-refractivity contribution in [3.05, 3.63) is 24.3 Å². The largest absolute Gasteiger partial charge is 0.491 e. The lowest BCUT2D eigenvalue weighted by Crippen LogP contribution is -2.40. The van der Waals surface area contributed by atoms with Crippen LogP contribution in [0, 0.1) is 0 Å². The third-order valence-electron chi connectivity index (χ3n) is 2.56. The first-order chi connectivity index (χ1) is 9.74. The van der Waals surface area contributed by atoms with Gasteiger partial charge in [0.2, 0.25) is 15.9 Å². The molecule has 1 aromatic carbocycles. The van der Waals surface area contributed by atoms with Crippen molar-refractivity contribution < 1.29 is 17.9 Å². The summed E-state index contributed by atoms with van der Waals surface area (Å²) >= 11 is 0. The summed E-state index contributed by atoms with van der Waals surface area (Å²) < 4.78 is 30.3. The maximum Gasteiger partial charge on any atom is 0.240 e. The van der Waals surface area contributed by atoms with Crippen LogP contribution in [0.5, 0.6) is 5.75 Å². The van der Waals surface area contributed by atoms with Crippen molar-refractivity contribution in [2.45, 2.75) is 26.9 Å². The van der Waals surface area contributed by atoms with Gasteiger partial charge in [-0.1, -0.05) is 0 Å². The lowest BCUT2D eigenvalue weighted by molar-refractivity contribution is -0.119. The molecule has 0 atom stereocenters. The number of carbonyl (C=O) groups is 1. The first kappa shape index (κ1) is 17.3. The molecule has 0 aromatic heterocycles. The number of rotatable bonds is 7. The predicted octanol–water partition coefficient (Wildman–Crippen LogP) is 1.38. The molecule has 0 radical (unpaired) electrons. The van der Waals surface area contributed by atoms with Crippen LogP contribution in [0.2, 0.25) is 0 Å². The highest BCUT2D eigenvalue weighted by molar-refractivity contribution is 7.92. The topological polar surface area (TPSA) is 75.7 Å². The third-order valence-corrected chi connectivity index (χ3v) is 3.70.